The van der Waals surface area contributed by atoms with Gasteiger partial charge in [-0.05, 0) is 59.2 Å². The van der Waals surface area contributed by atoms with Gasteiger partial charge in [-0.3, -0.25) is 4.79 Å². The minimum atomic E-state index is -0.355. The van der Waals surface area contributed by atoms with Gasteiger partial charge in [0.05, 0.1) is 13.2 Å². The summed E-state index contributed by atoms with van der Waals surface area (Å²) in [6.45, 7) is 12.6. The number of aliphatic hydroxyl groups is 1. The number of benzene rings is 1. The number of amides is 1. The Bertz CT molecular complexity index is 565. The van der Waals surface area contributed by atoms with Crippen molar-refractivity contribution in [2.45, 2.75) is 59.2 Å². The highest BCUT2D eigenvalue weighted by Gasteiger charge is 2.17. The Morgan fingerprint density at radius 3 is 2.36 bits per heavy atom. The van der Waals surface area contributed by atoms with Gasteiger partial charge in [0.15, 0.2) is 18.1 Å². The van der Waals surface area contributed by atoms with Crippen LogP contribution in [0.4, 0.5) is 0 Å². The SMILES string of the molecule is CCOc1cc(CNC(C)(C)CO)ccc1OCC(=O)NC(C)(C)C. The van der Waals surface area contributed by atoms with Crippen molar-refractivity contribution in [3.05, 3.63) is 23.8 Å². The van der Waals surface area contributed by atoms with E-state index in [-0.39, 0.29) is 30.2 Å². The minimum Gasteiger partial charge on any atom is -0.490 e. The molecule has 0 unspecified atom stereocenters. The maximum atomic E-state index is 11.9. The summed E-state index contributed by atoms with van der Waals surface area (Å²) in [7, 11) is 0. The van der Waals surface area contributed by atoms with Gasteiger partial charge < -0.3 is 25.2 Å². The van der Waals surface area contributed by atoms with E-state index < -0.39 is 0 Å². The first-order valence-electron chi connectivity index (χ1n) is 8.62. The maximum absolute atomic E-state index is 11.9. The Morgan fingerprint density at radius 1 is 1.12 bits per heavy atom. The molecule has 0 radical (unpaired) electrons. The number of nitrogens with one attached hydrogen (secondary N) is 2. The number of rotatable bonds is 9. The summed E-state index contributed by atoms with van der Waals surface area (Å²) in [5.74, 6) is 0.966. The molecule has 1 rings (SSSR count). The molecule has 0 fully saturated rings. The van der Waals surface area contributed by atoms with E-state index in [1.807, 2.05) is 53.7 Å². The predicted molar refractivity (Wildman–Crippen MR) is 99.0 cm³/mol. The Kier molecular flexibility index (Phi) is 7.70. The van der Waals surface area contributed by atoms with Gasteiger partial charge in [-0.1, -0.05) is 6.07 Å². The fourth-order valence-electron chi connectivity index (χ4n) is 2.04. The van der Waals surface area contributed by atoms with Crippen molar-refractivity contribution in [3.63, 3.8) is 0 Å². The average Bonchev–Trinajstić information content (AvgIpc) is 2.51. The van der Waals surface area contributed by atoms with Gasteiger partial charge in [-0.25, -0.2) is 0 Å². The van der Waals surface area contributed by atoms with Gasteiger partial charge in [0.1, 0.15) is 0 Å². The molecule has 0 heterocycles. The van der Waals surface area contributed by atoms with Crippen molar-refractivity contribution in [3.8, 4) is 11.5 Å². The van der Waals surface area contributed by atoms with Crippen molar-refractivity contribution in [2.24, 2.45) is 0 Å². The summed E-state index contributed by atoms with van der Waals surface area (Å²) in [6.07, 6.45) is 0. The maximum Gasteiger partial charge on any atom is 0.258 e. The van der Waals surface area contributed by atoms with E-state index in [1.54, 1.807) is 6.07 Å². The zero-order chi connectivity index (χ0) is 19.1. The van der Waals surface area contributed by atoms with Gasteiger partial charge in [-0.15, -0.1) is 0 Å². The van der Waals surface area contributed by atoms with Gasteiger partial charge in [0.2, 0.25) is 0 Å². The molecule has 6 nitrogen and oxygen atoms in total. The van der Waals surface area contributed by atoms with Crippen molar-refractivity contribution in [2.75, 3.05) is 19.8 Å². The third-order valence-electron chi connectivity index (χ3n) is 3.35. The van der Waals surface area contributed by atoms with E-state index in [0.29, 0.717) is 24.7 Å². The number of carbonyl (C=O) groups excluding carboxylic acids is 1. The number of aliphatic hydroxyl groups excluding tert-OH is 1. The lowest BCUT2D eigenvalue weighted by Crippen LogP contribution is -2.43. The van der Waals surface area contributed by atoms with Crippen molar-refractivity contribution < 1.29 is 19.4 Å². The van der Waals surface area contributed by atoms with E-state index in [0.717, 1.165) is 5.56 Å². The van der Waals surface area contributed by atoms with E-state index >= 15 is 0 Å². The molecule has 0 aliphatic rings. The van der Waals surface area contributed by atoms with Gasteiger partial charge in [-0.2, -0.15) is 0 Å². The number of carbonyl (C=O) groups is 1. The fourth-order valence-corrected chi connectivity index (χ4v) is 2.04. The Hall–Kier alpha value is -1.79. The van der Waals surface area contributed by atoms with Crippen molar-refractivity contribution >= 4 is 5.91 Å². The molecular weight excluding hydrogens is 320 g/mol. The summed E-state index contributed by atoms with van der Waals surface area (Å²) in [5, 5.41) is 15.4. The first kappa shape index (κ1) is 21.3. The molecule has 1 amide bonds. The molecule has 1 aromatic carbocycles. The minimum absolute atomic E-state index is 0.0510. The topological polar surface area (TPSA) is 79.8 Å². The van der Waals surface area contributed by atoms with Gasteiger partial charge in [0, 0.05) is 17.6 Å². The first-order chi connectivity index (χ1) is 11.6. The number of hydrogen-bond donors (Lipinski definition) is 3. The third kappa shape index (κ3) is 8.23. The Morgan fingerprint density at radius 2 is 1.80 bits per heavy atom. The largest absolute Gasteiger partial charge is 0.490 e. The lowest BCUT2D eigenvalue weighted by molar-refractivity contribution is -0.124. The molecule has 25 heavy (non-hydrogen) atoms. The van der Waals surface area contributed by atoms with Crippen LogP contribution >= 0.6 is 0 Å². The van der Waals surface area contributed by atoms with Crippen LogP contribution in [0.5, 0.6) is 11.5 Å². The van der Waals surface area contributed by atoms with E-state index in [4.69, 9.17) is 9.47 Å². The molecule has 0 aliphatic heterocycles. The van der Waals surface area contributed by atoms with Crippen LogP contribution in [0, 0.1) is 0 Å². The van der Waals surface area contributed by atoms with Crippen molar-refractivity contribution in [1.29, 1.82) is 0 Å². The predicted octanol–water partition coefficient (Wildman–Crippen LogP) is 2.24. The van der Waals surface area contributed by atoms with E-state index in [1.165, 1.54) is 0 Å². The second-order valence-corrected chi connectivity index (χ2v) is 7.70. The van der Waals surface area contributed by atoms with Crippen LogP contribution in [-0.4, -0.2) is 41.9 Å². The monoisotopic (exact) mass is 352 g/mol. The molecule has 6 heteroatoms. The van der Waals surface area contributed by atoms with E-state index in [9.17, 15) is 9.90 Å². The molecule has 0 saturated heterocycles. The lowest BCUT2D eigenvalue weighted by atomic mass is 10.1. The molecule has 0 saturated carbocycles. The van der Waals surface area contributed by atoms with Crippen LogP contribution in [0.25, 0.3) is 0 Å². The van der Waals surface area contributed by atoms with Gasteiger partial charge >= 0.3 is 0 Å². The molecular formula is C19H32N2O4. The summed E-state index contributed by atoms with van der Waals surface area (Å²) in [4.78, 5) is 11.9. The first-order valence-corrected chi connectivity index (χ1v) is 8.62. The Balaban J connectivity index is 2.75. The summed E-state index contributed by atoms with van der Waals surface area (Å²) in [6, 6.07) is 5.61. The van der Waals surface area contributed by atoms with Crippen LogP contribution in [0.15, 0.2) is 18.2 Å². The van der Waals surface area contributed by atoms with Crippen LogP contribution in [0.1, 0.15) is 47.1 Å². The highest BCUT2D eigenvalue weighted by Crippen LogP contribution is 2.28. The standard InChI is InChI=1S/C19H32N2O4/c1-7-24-16-10-14(11-20-19(5,6)13-22)8-9-15(16)25-12-17(23)21-18(2,3)4/h8-10,20,22H,7,11-13H2,1-6H3,(H,21,23). The van der Waals surface area contributed by atoms with Crippen molar-refractivity contribution in [1.82, 2.24) is 10.6 Å². The van der Waals surface area contributed by atoms with Crippen LogP contribution in [-0.2, 0) is 11.3 Å². The molecule has 1 aromatic rings. The highest BCUT2D eigenvalue weighted by atomic mass is 16.5. The second-order valence-electron chi connectivity index (χ2n) is 7.70. The molecule has 0 bridgehead atoms. The zero-order valence-corrected chi connectivity index (χ0v) is 16.2. The summed E-state index contributed by atoms with van der Waals surface area (Å²) >= 11 is 0. The highest BCUT2D eigenvalue weighted by molar-refractivity contribution is 5.78. The summed E-state index contributed by atoms with van der Waals surface area (Å²) < 4.78 is 11.3. The normalized spacial score (nSPS) is 12.0. The molecule has 142 valence electrons. The third-order valence-corrected chi connectivity index (χ3v) is 3.35. The van der Waals surface area contributed by atoms with E-state index in [2.05, 4.69) is 10.6 Å². The second kappa shape index (κ2) is 9.06. The molecule has 0 aromatic heterocycles. The van der Waals surface area contributed by atoms with Gasteiger partial charge in [0.25, 0.3) is 5.91 Å². The van der Waals surface area contributed by atoms with Crippen LogP contribution < -0.4 is 20.1 Å². The zero-order valence-electron chi connectivity index (χ0n) is 16.2. The molecule has 0 aliphatic carbocycles. The number of hydrogen-bond acceptors (Lipinski definition) is 5. The lowest BCUT2D eigenvalue weighted by Gasteiger charge is -2.24. The Labute approximate surface area is 150 Å². The quantitative estimate of drug-likeness (QED) is 0.635. The number of ether oxygens (including phenoxy) is 2. The molecule has 0 atom stereocenters. The average molecular weight is 352 g/mol. The van der Waals surface area contributed by atoms with Crippen LogP contribution in [0.3, 0.4) is 0 Å². The van der Waals surface area contributed by atoms with Crippen LogP contribution in [0.2, 0.25) is 0 Å². The smallest absolute Gasteiger partial charge is 0.258 e. The molecule has 3 N–H and O–H groups in total. The summed E-state index contributed by atoms with van der Waals surface area (Å²) in [5.41, 5.74) is 0.362. The molecule has 0 spiro atoms. The fraction of sp³-hybridized carbons (Fsp3) is 0.632.